The average molecular weight is 432 g/mol. The molecule has 1 N–H and O–H groups in total. The van der Waals surface area contributed by atoms with Crippen LogP contribution in [0.4, 0.5) is 10.1 Å². The number of hydrogen-bond acceptors (Lipinski definition) is 6. The van der Waals surface area contributed by atoms with Crippen LogP contribution >= 0.6 is 11.8 Å². The summed E-state index contributed by atoms with van der Waals surface area (Å²) in [5.41, 5.74) is 0.172. The number of halogens is 1. The van der Waals surface area contributed by atoms with Gasteiger partial charge in [0.2, 0.25) is 17.6 Å². The van der Waals surface area contributed by atoms with E-state index in [1.165, 1.54) is 41.8 Å². The third-order valence-corrected chi connectivity index (χ3v) is 4.94. The van der Waals surface area contributed by atoms with Crippen LogP contribution in [0.2, 0.25) is 0 Å². The number of anilines is 1. The van der Waals surface area contributed by atoms with Crippen molar-refractivity contribution in [3.05, 3.63) is 59.4 Å². The van der Waals surface area contributed by atoms with Gasteiger partial charge in [-0.15, -0.1) is 11.8 Å². The minimum absolute atomic E-state index is 0.114. The fraction of sp³-hybridized carbons (Fsp3) is 0.238. The van der Waals surface area contributed by atoms with Gasteiger partial charge in [0.1, 0.15) is 5.82 Å². The molecule has 7 nitrogen and oxygen atoms in total. The molecule has 0 radical (unpaired) electrons. The van der Waals surface area contributed by atoms with E-state index in [9.17, 15) is 23.6 Å². The number of Topliss-reactive ketones (excluding diaryl/α,β-unsaturated/α-hetero) is 1. The van der Waals surface area contributed by atoms with Crippen molar-refractivity contribution in [2.24, 2.45) is 0 Å². The molecule has 0 spiro atoms. The number of nitrogens with zero attached hydrogens (tertiary/aromatic N) is 1. The van der Waals surface area contributed by atoms with Crippen molar-refractivity contribution in [3.8, 4) is 0 Å². The number of nitrogens with one attached hydrogen (secondary N) is 1. The predicted octanol–water partition coefficient (Wildman–Crippen LogP) is 3.00. The number of benzene rings is 2. The Morgan fingerprint density at radius 2 is 1.77 bits per heavy atom. The molecule has 0 saturated heterocycles. The molecule has 2 rings (SSSR count). The third-order valence-electron chi connectivity index (χ3n) is 3.88. The smallest absolute Gasteiger partial charge is 0.339 e. The topological polar surface area (TPSA) is 92.8 Å². The predicted molar refractivity (Wildman–Crippen MR) is 111 cm³/mol. The van der Waals surface area contributed by atoms with Crippen molar-refractivity contribution < 1.29 is 28.3 Å². The zero-order valence-corrected chi connectivity index (χ0v) is 17.5. The number of thioether (sulfide) groups is 1. The number of carbonyl (C=O) groups is 4. The number of hydrogen-bond donors (Lipinski definition) is 1. The molecule has 0 heterocycles. The molecule has 0 fully saturated rings. The van der Waals surface area contributed by atoms with Gasteiger partial charge in [0.25, 0.3) is 0 Å². The Hall–Kier alpha value is -3.20. The number of carbonyl (C=O) groups excluding carboxylic acids is 4. The summed E-state index contributed by atoms with van der Waals surface area (Å²) in [4.78, 5) is 49.4. The Morgan fingerprint density at radius 1 is 1.07 bits per heavy atom. The number of ether oxygens (including phenoxy) is 1. The zero-order valence-electron chi connectivity index (χ0n) is 16.7. The quantitative estimate of drug-likeness (QED) is 0.392. The molecule has 2 amide bonds. The molecule has 2 aromatic rings. The van der Waals surface area contributed by atoms with Gasteiger partial charge in [-0.25, -0.2) is 9.18 Å². The van der Waals surface area contributed by atoms with Gasteiger partial charge in [0.15, 0.2) is 6.61 Å². The molecule has 0 bridgehead atoms. The number of rotatable bonds is 8. The van der Waals surface area contributed by atoms with Crippen LogP contribution in [-0.2, 0) is 14.3 Å². The SMILES string of the molecule is CC(=O)Nc1ccc(C(=O)COC(=O)c2ccccc2SCC(=O)N(C)C)c(F)c1. The lowest BCUT2D eigenvalue weighted by Crippen LogP contribution is -2.23. The molecule has 9 heteroatoms. The monoisotopic (exact) mass is 432 g/mol. The van der Waals surface area contributed by atoms with E-state index in [2.05, 4.69) is 5.32 Å². The Morgan fingerprint density at radius 3 is 2.40 bits per heavy atom. The first-order chi connectivity index (χ1) is 14.2. The van der Waals surface area contributed by atoms with Crippen LogP contribution in [0, 0.1) is 5.82 Å². The molecule has 0 aliphatic heterocycles. The van der Waals surface area contributed by atoms with Gasteiger partial charge < -0.3 is 15.0 Å². The van der Waals surface area contributed by atoms with Crippen molar-refractivity contribution >= 4 is 41.0 Å². The average Bonchev–Trinajstić information content (AvgIpc) is 2.69. The molecule has 2 aromatic carbocycles. The summed E-state index contributed by atoms with van der Waals surface area (Å²) in [5, 5.41) is 2.41. The first-order valence-electron chi connectivity index (χ1n) is 8.88. The van der Waals surface area contributed by atoms with Gasteiger partial charge >= 0.3 is 5.97 Å². The van der Waals surface area contributed by atoms with Crippen molar-refractivity contribution in [3.63, 3.8) is 0 Å². The van der Waals surface area contributed by atoms with Gasteiger partial charge in [-0.05, 0) is 30.3 Å². The molecule has 158 valence electrons. The Labute approximate surface area is 177 Å². The summed E-state index contributed by atoms with van der Waals surface area (Å²) < 4.78 is 19.2. The summed E-state index contributed by atoms with van der Waals surface area (Å²) in [7, 11) is 3.27. The Balaban J connectivity index is 2.03. The van der Waals surface area contributed by atoms with Crippen molar-refractivity contribution in [1.82, 2.24) is 4.90 Å². The van der Waals surface area contributed by atoms with E-state index in [-0.39, 0.29) is 34.4 Å². The second-order valence-corrected chi connectivity index (χ2v) is 7.47. The van der Waals surface area contributed by atoms with Gasteiger partial charge in [-0.3, -0.25) is 14.4 Å². The van der Waals surface area contributed by atoms with Crippen LogP contribution in [0.1, 0.15) is 27.6 Å². The maximum absolute atomic E-state index is 14.2. The van der Waals surface area contributed by atoms with E-state index in [1.54, 1.807) is 32.3 Å². The van der Waals surface area contributed by atoms with Gasteiger partial charge in [-0.2, -0.15) is 0 Å². The molecular weight excluding hydrogens is 411 g/mol. The van der Waals surface area contributed by atoms with Crippen LogP contribution in [0.15, 0.2) is 47.4 Å². The Bertz CT molecular complexity index is 978. The largest absolute Gasteiger partial charge is 0.454 e. The van der Waals surface area contributed by atoms with Crippen molar-refractivity contribution in [2.75, 3.05) is 31.8 Å². The molecule has 0 saturated carbocycles. The molecular formula is C21H21FN2O5S. The van der Waals surface area contributed by atoms with E-state index >= 15 is 0 Å². The molecule has 0 aliphatic rings. The molecule has 0 aliphatic carbocycles. The van der Waals surface area contributed by atoms with Gasteiger partial charge in [0, 0.05) is 31.6 Å². The second-order valence-electron chi connectivity index (χ2n) is 6.45. The maximum atomic E-state index is 14.2. The zero-order chi connectivity index (χ0) is 22.3. The summed E-state index contributed by atoms with van der Waals surface area (Å²) >= 11 is 1.18. The molecule has 30 heavy (non-hydrogen) atoms. The van der Waals surface area contributed by atoms with Gasteiger partial charge in [0.05, 0.1) is 16.9 Å². The molecule has 0 unspecified atom stereocenters. The summed E-state index contributed by atoms with van der Waals surface area (Å²) in [6.07, 6.45) is 0. The van der Waals surface area contributed by atoms with Crippen LogP contribution in [0.25, 0.3) is 0 Å². The minimum atomic E-state index is -0.833. The lowest BCUT2D eigenvalue weighted by molar-refractivity contribution is -0.125. The fourth-order valence-corrected chi connectivity index (χ4v) is 3.36. The van der Waals surface area contributed by atoms with Crippen molar-refractivity contribution in [2.45, 2.75) is 11.8 Å². The third kappa shape index (κ3) is 6.41. The molecule has 0 atom stereocenters. The Kier molecular flexibility index (Phi) is 8.11. The summed E-state index contributed by atoms with van der Waals surface area (Å²) in [6.45, 7) is 0.633. The van der Waals surface area contributed by atoms with Crippen LogP contribution in [-0.4, -0.2) is 54.9 Å². The first kappa shape index (κ1) is 23.1. The first-order valence-corrected chi connectivity index (χ1v) is 9.87. The highest BCUT2D eigenvalue weighted by molar-refractivity contribution is 8.00. The van der Waals surface area contributed by atoms with Crippen LogP contribution < -0.4 is 5.32 Å². The normalized spacial score (nSPS) is 10.3. The van der Waals surface area contributed by atoms with Crippen LogP contribution in [0.3, 0.4) is 0 Å². The van der Waals surface area contributed by atoms with Gasteiger partial charge in [-0.1, -0.05) is 12.1 Å². The summed E-state index contributed by atoms with van der Waals surface area (Å²) in [5.74, 6) is -2.65. The highest BCUT2D eigenvalue weighted by atomic mass is 32.2. The number of esters is 1. The number of ketones is 1. The highest BCUT2D eigenvalue weighted by Crippen LogP contribution is 2.24. The lowest BCUT2D eigenvalue weighted by atomic mass is 10.1. The number of amides is 2. The second kappa shape index (κ2) is 10.5. The lowest BCUT2D eigenvalue weighted by Gasteiger charge is -2.12. The van der Waals surface area contributed by atoms with Crippen molar-refractivity contribution in [1.29, 1.82) is 0 Å². The van der Waals surface area contributed by atoms with E-state index in [0.29, 0.717) is 4.90 Å². The maximum Gasteiger partial charge on any atom is 0.339 e. The minimum Gasteiger partial charge on any atom is -0.454 e. The van der Waals surface area contributed by atoms with Crippen LogP contribution in [0.5, 0.6) is 0 Å². The fourth-order valence-electron chi connectivity index (χ4n) is 2.34. The van der Waals surface area contributed by atoms with E-state index in [4.69, 9.17) is 4.74 Å². The van der Waals surface area contributed by atoms with E-state index in [1.807, 2.05) is 0 Å². The molecule has 0 aromatic heterocycles. The van der Waals surface area contributed by atoms with E-state index in [0.717, 1.165) is 6.07 Å². The summed E-state index contributed by atoms with van der Waals surface area (Å²) in [6, 6.07) is 10.2. The standard InChI is InChI=1S/C21H21FN2O5S/c1-13(25)23-14-8-9-15(17(22)10-14)18(26)11-29-21(28)16-6-4-5-7-19(16)30-12-20(27)24(2)3/h4-10H,11-12H2,1-3H3,(H,23,25). The highest BCUT2D eigenvalue weighted by Gasteiger charge is 2.18. The van der Waals surface area contributed by atoms with E-state index < -0.39 is 24.2 Å².